The fourth-order valence-corrected chi connectivity index (χ4v) is 2.50. The lowest BCUT2D eigenvalue weighted by molar-refractivity contribution is 0.589. The summed E-state index contributed by atoms with van der Waals surface area (Å²) in [6, 6.07) is 9.70. The normalized spacial score (nSPS) is 11.7. The second-order valence-corrected chi connectivity index (χ2v) is 6.73. The molecule has 0 amide bonds. The molecule has 0 aliphatic carbocycles. The minimum absolute atomic E-state index is 0.120. The van der Waals surface area contributed by atoms with Crippen LogP contribution in [0, 0.1) is 0 Å². The summed E-state index contributed by atoms with van der Waals surface area (Å²) < 4.78 is 1.52. The third kappa shape index (κ3) is 3.44. The number of hydrogen-bond acceptors (Lipinski definition) is 1. The molecule has 0 unspecified atom stereocenters. The SMILES string of the molecule is CC(C)(C)c1ccc(Cn2cc(Cl)cc(Cl)c2=O)cc1. The van der Waals surface area contributed by atoms with Gasteiger partial charge in [-0.05, 0) is 22.6 Å². The first-order valence-electron chi connectivity index (χ1n) is 6.42. The van der Waals surface area contributed by atoms with Gasteiger partial charge < -0.3 is 4.57 Å². The first kappa shape index (κ1) is 15.1. The van der Waals surface area contributed by atoms with Gasteiger partial charge >= 0.3 is 0 Å². The highest BCUT2D eigenvalue weighted by Gasteiger charge is 2.13. The van der Waals surface area contributed by atoms with Crippen LogP contribution in [0.15, 0.2) is 41.3 Å². The van der Waals surface area contributed by atoms with Gasteiger partial charge in [0.05, 0.1) is 11.6 Å². The molecule has 0 radical (unpaired) electrons. The number of benzene rings is 1. The fourth-order valence-electron chi connectivity index (χ4n) is 1.99. The highest BCUT2D eigenvalue weighted by atomic mass is 35.5. The van der Waals surface area contributed by atoms with Crippen LogP contribution >= 0.6 is 23.2 Å². The first-order valence-corrected chi connectivity index (χ1v) is 7.18. The van der Waals surface area contributed by atoms with Crippen molar-refractivity contribution in [2.75, 3.05) is 0 Å². The Morgan fingerprint density at radius 1 is 1.10 bits per heavy atom. The molecule has 1 aromatic carbocycles. The van der Waals surface area contributed by atoms with E-state index in [1.165, 1.54) is 16.2 Å². The molecule has 4 heteroatoms. The van der Waals surface area contributed by atoms with E-state index >= 15 is 0 Å². The van der Waals surface area contributed by atoms with Crippen LogP contribution in [0.5, 0.6) is 0 Å². The van der Waals surface area contributed by atoms with E-state index in [9.17, 15) is 4.79 Å². The molecule has 0 saturated carbocycles. The molecule has 0 spiro atoms. The molecular weight excluding hydrogens is 293 g/mol. The van der Waals surface area contributed by atoms with Crippen molar-refractivity contribution >= 4 is 23.2 Å². The van der Waals surface area contributed by atoms with Crippen LogP contribution in [-0.2, 0) is 12.0 Å². The summed E-state index contributed by atoms with van der Waals surface area (Å²) in [6.45, 7) is 6.97. The Morgan fingerprint density at radius 3 is 2.25 bits per heavy atom. The van der Waals surface area contributed by atoms with Crippen molar-refractivity contribution in [2.24, 2.45) is 0 Å². The van der Waals surface area contributed by atoms with Crippen molar-refractivity contribution in [3.05, 3.63) is 68.1 Å². The van der Waals surface area contributed by atoms with Crippen LogP contribution in [0.3, 0.4) is 0 Å². The highest BCUT2D eigenvalue weighted by Crippen LogP contribution is 2.22. The summed E-state index contributed by atoms with van der Waals surface area (Å²) in [7, 11) is 0. The molecule has 0 N–H and O–H groups in total. The third-order valence-corrected chi connectivity index (χ3v) is 3.66. The quantitative estimate of drug-likeness (QED) is 0.800. The van der Waals surface area contributed by atoms with Gasteiger partial charge in [-0.2, -0.15) is 0 Å². The lowest BCUT2D eigenvalue weighted by atomic mass is 9.87. The fraction of sp³-hybridized carbons (Fsp3) is 0.312. The molecule has 2 rings (SSSR count). The second kappa shape index (κ2) is 5.63. The third-order valence-electron chi connectivity index (χ3n) is 3.18. The summed E-state index contributed by atoms with van der Waals surface area (Å²) >= 11 is 11.8. The summed E-state index contributed by atoms with van der Waals surface area (Å²) in [5.74, 6) is 0. The molecule has 0 bridgehead atoms. The van der Waals surface area contributed by atoms with E-state index in [1.807, 2.05) is 12.1 Å². The zero-order valence-electron chi connectivity index (χ0n) is 11.8. The van der Waals surface area contributed by atoms with Crippen molar-refractivity contribution < 1.29 is 0 Å². The van der Waals surface area contributed by atoms with Gasteiger partial charge in [-0.25, -0.2) is 0 Å². The highest BCUT2D eigenvalue weighted by molar-refractivity contribution is 6.34. The zero-order chi connectivity index (χ0) is 14.9. The van der Waals surface area contributed by atoms with E-state index in [4.69, 9.17) is 23.2 Å². The van der Waals surface area contributed by atoms with Gasteiger partial charge in [0.1, 0.15) is 5.02 Å². The van der Waals surface area contributed by atoms with E-state index in [-0.39, 0.29) is 16.0 Å². The molecule has 20 heavy (non-hydrogen) atoms. The Kier molecular flexibility index (Phi) is 4.26. The summed E-state index contributed by atoms with van der Waals surface area (Å²) in [6.07, 6.45) is 1.60. The first-order chi connectivity index (χ1) is 9.27. The van der Waals surface area contributed by atoms with Crippen molar-refractivity contribution in [1.82, 2.24) is 4.57 Å². The summed E-state index contributed by atoms with van der Waals surface area (Å²) in [4.78, 5) is 11.9. The predicted octanol–water partition coefficient (Wildman–Crippen LogP) is 4.50. The van der Waals surface area contributed by atoms with E-state index < -0.39 is 0 Å². The van der Waals surface area contributed by atoms with Gasteiger partial charge in [-0.1, -0.05) is 68.2 Å². The van der Waals surface area contributed by atoms with Crippen LogP contribution in [0.1, 0.15) is 31.9 Å². The molecule has 0 aliphatic heterocycles. The second-order valence-electron chi connectivity index (χ2n) is 5.89. The van der Waals surface area contributed by atoms with E-state index in [0.717, 1.165) is 5.56 Å². The zero-order valence-corrected chi connectivity index (χ0v) is 13.3. The minimum atomic E-state index is -0.226. The molecule has 0 atom stereocenters. The molecular formula is C16H17Cl2NO. The van der Waals surface area contributed by atoms with Crippen molar-refractivity contribution in [3.8, 4) is 0 Å². The topological polar surface area (TPSA) is 22.0 Å². The Hall–Kier alpha value is -1.25. The minimum Gasteiger partial charge on any atom is -0.308 e. The maximum Gasteiger partial charge on any atom is 0.269 e. The maximum absolute atomic E-state index is 11.9. The molecule has 1 aromatic heterocycles. The number of halogens is 2. The van der Waals surface area contributed by atoms with Gasteiger partial charge in [-0.3, -0.25) is 4.79 Å². The van der Waals surface area contributed by atoms with Crippen LogP contribution in [0.2, 0.25) is 10.0 Å². The molecule has 0 saturated heterocycles. The van der Waals surface area contributed by atoms with Gasteiger partial charge in [-0.15, -0.1) is 0 Å². The van der Waals surface area contributed by atoms with Gasteiger partial charge in [0, 0.05) is 6.20 Å². The van der Waals surface area contributed by atoms with Gasteiger partial charge in [0.25, 0.3) is 5.56 Å². The number of hydrogen-bond donors (Lipinski definition) is 0. The lowest BCUT2D eigenvalue weighted by Gasteiger charge is -2.19. The van der Waals surface area contributed by atoms with E-state index in [1.54, 1.807) is 6.20 Å². The summed E-state index contributed by atoms with van der Waals surface area (Å²) in [5, 5.41) is 0.602. The molecule has 106 valence electrons. The molecule has 2 aromatic rings. The maximum atomic E-state index is 11.9. The monoisotopic (exact) mass is 309 g/mol. The van der Waals surface area contributed by atoms with E-state index in [0.29, 0.717) is 11.6 Å². The number of rotatable bonds is 2. The molecule has 0 aliphatic rings. The van der Waals surface area contributed by atoms with Gasteiger partial charge in [0.15, 0.2) is 0 Å². The number of aromatic nitrogens is 1. The van der Waals surface area contributed by atoms with Gasteiger partial charge in [0.2, 0.25) is 0 Å². The molecule has 0 fully saturated rings. The van der Waals surface area contributed by atoms with Crippen molar-refractivity contribution in [3.63, 3.8) is 0 Å². The smallest absolute Gasteiger partial charge is 0.269 e. The number of nitrogens with zero attached hydrogens (tertiary/aromatic N) is 1. The Balaban J connectivity index is 2.29. The van der Waals surface area contributed by atoms with Crippen LogP contribution < -0.4 is 5.56 Å². The van der Waals surface area contributed by atoms with Crippen molar-refractivity contribution in [2.45, 2.75) is 32.7 Å². The number of pyridine rings is 1. The average molecular weight is 310 g/mol. The Labute approximate surface area is 129 Å². The predicted molar refractivity (Wildman–Crippen MR) is 85.0 cm³/mol. The van der Waals surface area contributed by atoms with Crippen LogP contribution in [0.25, 0.3) is 0 Å². The average Bonchev–Trinajstić information content (AvgIpc) is 2.35. The van der Waals surface area contributed by atoms with Crippen molar-refractivity contribution in [1.29, 1.82) is 0 Å². The van der Waals surface area contributed by atoms with E-state index in [2.05, 4.69) is 32.9 Å². The largest absolute Gasteiger partial charge is 0.308 e. The standard InChI is InChI=1S/C16H17Cl2NO/c1-16(2,3)12-6-4-11(5-7-12)9-19-10-13(17)8-14(18)15(19)20/h4-8,10H,9H2,1-3H3. The van der Waals surface area contributed by atoms with Crippen LogP contribution in [-0.4, -0.2) is 4.57 Å². The Morgan fingerprint density at radius 2 is 1.70 bits per heavy atom. The van der Waals surface area contributed by atoms with Crippen LogP contribution in [0.4, 0.5) is 0 Å². The Bertz CT molecular complexity index is 666. The molecule has 1 heterocycles. The molecule has 2 nitrogen and oxygen atoms in total. The lowest BCUT2D eigenvalue weighted by Crippen LogP contribution is -2.20. The summed E-state index contributed by atoms with van der Waals surface area (Å²) in [5.41, 5.74) is 2.20.